The fourth-order valence-electron chi connectivity index (χ4n) is 3.07. The number of aromatic nitrogens is 1. The van der Waals surface area contributed by atoms with Crippen molar-refractivity contribution in [2.24, 2.45) is 0 Å². The smallest absolute Gasteiger partial charge is 0.226 e. The van der Waals surface area contributed by atoms with Crippen molar-refractivity contribution >= 4 is 36.0 Å². The highest BCUT2D eigenvalue weighted by atomic mass is 32.2. The van der Waals surface area contributed by atoms with Crippen LogP contribution >= 0.6 is 11.3 Å². The van der Waals surface area contributed by atoms with Gasteiger partial charge in [-0.2, -0.15) is 0 Å². The van der Waals surface area contributed by atoms with Crippen LogP contribution < -0.4 is 4.90 Å². The van der Waals surface area contributed by atoms with Gasteiger partial charge in [0, 0.05) is 13.1 Å². The number of nitrogens with zero attached hydrogens (tertiary/aromatic N) is 2. The lowest BCUT2D eigenvalue weighted by Gasteiger charge is -2.27. The molecule has 1 saturated heterocycles. The number of aryl methyl sites for hydroxylation is 1. The van der Waals surface area contributed by atoms with Crippen LogP contribution in [0.2, 0.25) is 0 Å². The van der Waals surface area contributed by atoms with Crippen LogP contribution in [0.4, 0.5) is 5.00 Å². The Balaban J connectivity index is 2.14. The summed E-state index contributed by atoms with van der Waals surface area (Å²) in [6.07, 6.45) is 3.47. The van der Waals surface area contributed by atoms with Gasteiger partial charge in [-0.3, -0.25) is 0 Å². The van der Waals surface area contributed by atoms with Gasteiger partial charge in [0.05, 0.1) is 10.6 Å². The molecule has 1 aromatic carbocycles. The Hall–Kier alpha value is -1.45. The summed E-state index contributed by atoms with van der Waals surface area (Å²) in [6, 6.07) is 6.55. The highest BCUT2D eigenvalue weighted by Crippen LogP contribution is 2.38. The molecular formula is C18H24N2O4S3. The van der Waals surface area contributed by atoms with Crippen molar-refractivity contribution in [2.45, 2.75) is 53.8 Å². The second kappa shape index (κ2) is 7.89. The first-order valence-electron chi connectivity index (χ1n) is 9.06. The van der Waals surface area contributed by atoms with Gasteiger partial charge in [0.25, 0.3) is 0 Å². The van der Waals surface area contributed by atoms with Crippen LogP contribution in [0.3, 0.4) is 0 Å². The van der Waals surface area contributed by atoms with Crippen LogP contribution in [-0.4, -0.2) is 40.7 Å². The minimum atomic E-state index is -3.90. The average Bonchev–Trinajstić information content (AvgIpc) is 3.10. The second-order valence-electron chi connectivity index (χ2n) is 6.77. The number of hydrogen-bond donors (Lipinski definition) is 0. The fraction of sp³-hybridized carbons (Fsp3) is 0.500. The third-order valence-corrected chi connectivity index (χ3v) is 9.84. The van der Waals surface area contributed by atoms with Crippen molar-refractivity contribution in [3.63, 3.8) is 0 Å². The van der Waals surface area contributed by atoms with Crippen molar-refractivity contribution in [3.8, 4) is 0 Å². The zero-order valence-corrected chi connectivity index (χ0v) is 18.0. The Labute approximate surface area is 165 Å². The third-order valence-electron chi connectivity index (χ3n) is 4.53. The first-order chi connectivity index (χ1) is 12.8. The van der Waals surface area contributed by atoms with Crippen molar-refractivity contribution < 1.29 is 16.8 Å². The molecule has 2 aromatic rings. The normalized spacial score (nSPS) is 15.9. The van der Waals surface area contributed by atoms with Crippen LogP contribution in [0, 0.1) is 6.92 Å². The average molecular weight is 429 g/mol. The topological polar surface area (TPSA) is 84.4 Å². The van der Waals surface area contributed by atoms with E-state index in [1.54, 1.807) is 31.2 Å². The summed E-state index contributed by atoms with van der Waals surface area (Å²) in [6.45, 7) is 5.09. The Kier molecular flexibility index (Phi) is 5.93. The molecule has 1 aliphatic heterocycles. The molecule has 0 N–H and O–H groups in total. The van der Waals surface area contributed by atoms with Crippen molar-refractivity contribution in [2.75, 3.05) is 23.7 Å². The molecule has 0 aliphatic carbocycles. The summed E-state index contributed by atoms with van der Waals surface area (Å²) < 4.78 is 51.4. The van der Waals surface area contributed by atoms with E-state index in [0.29, 0.717) is 24.5 Å². The molecule has 1 aliphatic rings. The number of anilines is 1. The Morgan fingerprint density at radius 1 is 1.04 bits per heavy atom. The number of thiazole rings is 1. The summed E-state index contributed by atoms with van der Waals surface area (Å²) in [7, 11) is -7.48. The van der Waals surface area contributed by atoms with E-state index in [1.807, 2.05) is 11.8 Å². The maximum absolute atomic E-state index is 13.2. The molecule has 148 valence electrons. The number of sulfone groups is 2. The molecule has 0 amide bonds. The Morgan fingerprint density at radius 3 is 2.26 bits per heavy atom. The summed E-state index contributed by atoms with van der Waals surface area (Å²) in [4.78, 5) is 6.25. The predicted molar refractivity (Wildman–Crippen MR) is 107 cm³/mol. The van der Waals surface area contributed by atoms with E-state index < -0.39 is 19.7 Å². The SMILES string of the molecule is CCCS(=O)(=O)c1nc(S(=O)(=O)c2ccc(C)cc2)c(N2CCCCC2)s1. The molecule has 0 atom stereocenters. The van der Waals surface area contributed by atoms with Gasteiger partial charge < -0.3 is 4.90 Å². The number of rotatable bonds is 6. The van der Waals surface area contributed by atoms with Crippen LogP contribution in [0.25, 0.3) is 0 Å². The van der Waals surface area contributed by atoms with Gasteiger partial charge in [-0.1, -0.05) is 36.0 Å². The quantitative estimate of drug-likeness (QED) is 0.701. The van der Waals surface area contributed by atoms with E-state index in [1.165, 1.54) is 0 Å². The highest BCUT2D eigenvalue weighted by Gasteiger charge is 2.32. The second-order valence-corrected chi connectivity index (χ2v) is 11.9. The molecule has 6 nitrogen and oxygen atoms in total. The summed E-state index contributed by atoms with van der Waals surface area (Å²) in [5, 5.41) is 0.317. The first-order valence-corrected chi connectivity index (χ1v) is 13.0. The number of hydrogen-bond acceptors (Lipinski definition) is 7. The van der Waals surface area contributed by atoms with Gasteiger partial charge in [-0.05, 0) is 44.7 Å². The van der Waals surface area contributed by atoms with Gasteiger partial charge in [0.1, 0.15) is 5.00 Å². The number of piperidine rings is 1. The molecule has 0 unspecified atom stereocenters. The molecule has 0 spiro atoms. The van der Waals surface area contributed by atoms with Crippen LogP contribution in [0.5, 0.6) is 0 Å². The summed E-state index contributed by atoms with van der Waals surface area (Å²) in [5.74, 6) is -0.0377. The summed E-state index contributed by atoms with van der Waals surface area (Å²) >= 11 is 0.985. The van der Waals surface area contributed by atoms with Crippen LogP contribution in [-0.2, 0) is 19.7 Å². The molecule has 2 heterocycles. The van der Waals surface area contributed by atoms with E-state index in [9.17, 15) is 16.8 Å². The predicted octanol–water partition coefficient (Wildman–Crippen LogP) is 3.46. The molecule has 0 radical (unpaired) electrons. The molecule has 1 fully saturated rings. The molecule has 0 bridgehead atoms. The van der Waals surface area contributed by atoms with Gasteiger partial charge in [0.15, 0.2) is 5.03 Å². The van der Waals surface area contributed by atoms with E-state index in [0.717, 1.165) is 36.2 Å². The largest absolute Gasteiger partial charge is 0.361 e. The standard InChI is InChI=1S/C18H24N2O4S3/c1-3-13-26(21,22)18-19-16(17(25-18)20-11-5-4-6-12-20)27(23,24)15-9-7-14(2)8-10-15/h7-10H,3-6,11-13H2,1-2H3. The lowest BCUT2D eigenvalue weighted by atomic mass is 10.1. The van der Waals surface area contributed by atoms with E-state index in [2.05, 4.69) is 4.98 Å². The maximum atomic E-state index is 13.2. The molecule has 0 saturated carbocycles. The van der Waals surface area contributed by atoms with Crippen LogP contribution in [0.1, 0.15) is 38.2 Å². The van der Waals surface area contributed by atoms with Gasteiger partial charge in [-0.15, -0.1) is 0 Å². The minimum absolute atomic E-state index is 0.0377. The Bertz CT molecular complexity index is 1000. The van der Waals surface area contributed by atoms with Gasteiger partial charge in [-0.25, -0.2) is 21.8 Å². The van der Waals surface area contributed by atoms with E-state index in [4.69, 9.17) is 0 Å². The van der Waals surface area contributed by atoms with Gasteiger partial charge >= 0.3 is 0 Å². The monoisotopic (exact) mass is 428 g/mol. The van der Waals surface area contributed by atoms with E-state index >= 15 is 0 Å². The molecular weight excluding hydrogens is 404 g/mol. The first kappa shape index (κ1) is 20.3. The van der Waals surface area contributed by atoms with E-state index in [-0.39, 0.29) is 20.0 Å². The summed E-state index contributed by atoms with van der Waals surface area (Å²) in [5.41, 5.74) is 0.953. The van der Waals surface area contributed by atoms with Crippen molar-refractivity contribution in [1.29, 1.82) is 0 Å². The zero-order chi connectivity index (χ0) is 19.7. The minimum Gasteiger partial charge on any atom is -0.361 e. The Morgan fingerprint density at radius 2 is 1.67 bits per heavy atom. The van der Waals surface area contributed by atoms with Crippen molar-refractivity contribution in [3.05, 3.63) is 29.8 Å². The van der Waals surface area contributed by atoms with Crippen molar-refractivity contribution in [1.82, 2.24) is 4.98 Å². The maximum Gasteiger partial charge on any atom is 0.226 e. The number of benzene rings is 1. The fourth-order valence-corrected chi connectivity index (χ4v) is 7.61. The zero-order valence-electron chi connectivity index (χ0n) is 15.5. The highest BCUT2D eigenvalue weighted by molar-refractivity contribution is 7.94. The molecule has 27 heavy (non-hydrogen) atoms. The molecule has 9 heteroatoms. The third kappa shape index (κ3) is 4.20. The lowest BCUT2D eigenvalue weighted by Crippen LogP contribution is -2.29. The van der Waals surface area contributed by atoms with Crippen LogP contribution in [0.15, 0.2) is 38.5 Å². The lowest BCUT2D eigenvalue weighted by molar-refractivity contribution is 0.571. The molecule has 3 rings (SSSR count). The molecule has 1 aromatic heterocycles. The van der Waals surface area contributed by atoms with Gasteiger partial charge in [0.2, 0.25) is 24.0 Å².